The van der Waals surface area contributed by atoms with Gasteiger partial charge in [-0.25, -0.2) is 4.39 Å². The minimum absolute atomic E-state index is 0.177. The highest BCUT2D eigenvalue weighted by Crippen LogP contribution is 2.23. The van der Waals surface area contributed by atoms with Gasteiger partial charge in [0.2, 0.25) is 0 Å². The van der Waals surface area contributed by atoms with Gasteiger partial charge in [-0.2, -0.15) is 0 Å². The van der Waals surface area contributed by atoms with Gasteiger partial charge in [-0.15, -0.1) is 0 Å². The van der Waals surface area contributed by atoms with Crippen molar-refractivity contribution in [2.45, 2.75) is 13.0 Å². The smallest absolute Gasteiger partial charge is 0.262 e. The number of anilines is 1. The van der Waals surface area contributed by atoms with E-state index in [-0.39, 0.29) is 11.6 Å². The number of halogens is 1. The van der Waals surface area contributed by atoms with E-state index in [1.165, 1.54) is 17.0 Å². The first-order chi connectivity index (χ1) is 7.41. The third-order valence-electron chi connectivity index (χ3n) is 2.06. The van der Waals surface area contributed by atoms with Crippen LogP contribution in [-0.4, -0.2) is 31.0 Å². The van der Waals surface area contributed by atoms with E-state index in [1.807, 2.05) is 0 Å². The van der Waals surface area contributed by atoms with Crippen molar-refractivity contribution in [3.05, 3.63) is 24.0 Å². The zero-order chi connectivity index (χ0) is 12.3. The summed E-state index contributed by atoms with van der Waals surface area (Å²) in [5, 5.41) is 0. The molecular formula is C11H15FN2O2. The quantitative estimate of drug-likeness (QED) is 0.789. The number of carbonyl (C=O) groups excluding carboxylic acids is 1. The predicted molar refractivity (Wildman–Crippen MR) is 59.6 cm³/mol. The van der Waals surface area contributed by atoms with E-state index in [4.69, 9.17) is 10.5 Å². The molecule has 0 saturated heterocycles. The largest absolute Gasteiger partial charge is 0.479 e. The zero-order valence-corrected chi connectivity index (χ0v) is 9.53. The van der Waals surface area contributed by atoms with Crippen LogP contribution < -0.4 is 10.5 Å². The molecule has 88 valence electrons. The van der Waals surface area contributed by atoms with Crippen LogP contribution in [0.15, 0.2) is 18.2 Å². The molecule has 1 aromatic carbocycles. The Morgan fingerprint density at radius 3 is 2.62 bits per heavy atom. The Morgan fingerprint density at radius 2 is 2.12 bits per heavy atom. The zero-order valence-electron chi connectivity index (χ0n) is 9.53. The maximum Gasteiger partial charge on any atom is 0.262 e. The van der Waals surface area contributed by atoms with Crippen LogP contribution in [0.3, 0.4) is 0 Å². The second-order valence-corrected chi connectivity index (χ2v) is 3.67. The first-order valence-corrected chi connectivity index (χ1v) is 4.84. The Kier molecular flexibility index (Phi) is 3.71. The molecule has 0 aliphatic heterocycles. The predicted octanol–water partition coefficient (Wildman–Crippen LogP) is 1.26. The van der Waals surface area contributed by atoms with Gasteiger partial charge in [0.15, 0.2) is 6.10 Å². The van der Waals surface area contributed by atoms with Gasteiger partial charge in [0, 0.05) is 20.2 Å². The second-order valence-electron chi connectivity index (χ2n) is 3.67. The summed E-state index contributed by atoms with van der Waals surface area (Å²) in [6.45, 7) is 1.62. The lowest BCUT2D eigenvalue weighted by atomic mass is 10.3. The number of carbonyl (C=O) groups is 1. The van der Waals surface area contributed by atoms with Crippen LogP contribution in [0.1, 0.15) is 6.92 Å². The summed E-state index contributed by atoms with van der Waals surface area (Å²) in [4.78, 5) is 12.9. The molecule has 1 aromatic rings. The molecule has 2 N–H and O–H groups in total. The molecule has 0 radical (unpaired) electrons. The molecule has 0 spiro atoms. The lowest BCUT2D eigenvalue weighted by molar-refractivity contribution is -0.135. The van der Waals surface area contributed by atoms with E-state index in [0.717, 1.165) is 6.07 Å². The summed E-state index contributed by atoms with van der Waals surface area (Å²) in [7, 11) is 3.27. The van der Waals surface area contributed by atoms with Gasteiger partial charge in [-0.1, -0.05) is 0 Å². The standard InChI is InChI=1S/C11H15FN2O2/c1-7(11(15)14(2)3)16-10-5-4-8(12)6-9(10)13/h4-7H,13H2,1-3H3. The van der Waals surface area contributed by atoms with Gasteiger partial charge >= 0.3 is 0 Å². The van der Waals surface area contributed by atoms with Crippen molar-refractivity contribution in [1.29, 1.82) is 0 Å². The first-order valence-electron chi connectivity index (χ1n) is 4.84. The van der Waals surface area contributed by atoms with Crippen molar-refractivity contribution in [3.8, 4) is 5.75 Å². The molecule has 0 aliphatic carbocycles. The third-order valence-corrected chi connectivity index (χ3v) is 2.06. The number of amides is 1. The van der Waals surface area contributed by atoms with E-state index in [2.05, 4.69) is 0 Å². The summed E-state index contributed by atoms with van der Waals surface area (Å²) in [5.74, 6) is -0.302. The Hall–Kier alpha value is -1.78. The SMILES string of the molecule is CC(Oc1ccc(F)cc1N)C(=O)N(C)C. The molecule has 0 saturated carbocycles. The number of benzene rings is 1. The monoisotopic (exact) mass is 226 g/mol. The number of ether oxygens (including phenoxy) is 1. The van der Waals surface area contributed by atoms with Gasteiger partial charge in [0.1, 0.15) is 11.6 Å². The van der Waals surface area contributed by atoms with Crippen LogP contribution >= 0.6 is 0 Å². The van der Waals surface area contributed by atoms with Crippen LogP contribution in [0, 0.1) is 5.82 Å². The van der Waals surface area contributed by atoms with E-state index in [1.54, 1.807) is 21.0 Å². The van der Waals surface area contributed by atoms with Crippen molar-refractivity contribution in [3.63, 3.8) is 0 Å². The first kappa shape index (κ1) is 12.3. The molecule has 16 heavy (non-hydrogen) atoms. The number of rotatable bonds is 3. The number of likely N-dealkylation sites (N-methyl/N-ethyl adjacent to an activating group) is 1. The van der Waals surface area contributed by atoms with Crippen LogP contribution in [0.25, 0.3) is 0 Å². The molecule has 0 aromatic heterocycles. The van der Waals surface area contributed by atoms with Gasteiger partial charge in [0.25, 0.3) is 5.91 Å². The van der Waals surface area contributed by atoms with Crippen LogP contribution in [0.5, 0.6) is 5.75 Å². The number of nitrogen functional groups attached to an aromatic ring is 1. The summed E-state index contributed by atoms with van der Waals surface area (Å²) >= 11 is 0. The lowest BCUT2D eigenvalue weighted by Gasteiger charge is -2.19. The lowest BCUT2D eigenvalue weighted by Crippen LogP contribution is -2.35. The van der Waals surface area contributed by atoms with Gasteiger partial charge in [0.05, 0.1) is 5.69 Å². The van der Waals surface area contributed by atoms with E-state index < -0.39 is 11.9 Å². The van der Waals surface area contributed by atoms with E-state index in [9.17, 15) is 9.18 Å². The highest BCUT2D eigenvalue weighted by molar-refractivity contribution is 5.80. The summed E-state index contributed by atoms with van der Waals surface area (Å²) in [5.41, 5.74) is 5.74. The Bertz CT molecular complexity index is 394. The second kappa shape index (κ2) is 4.83. The highest BCUT2D eigenvalue weighted by Gasteiger charge is 2.17. The number of hydrogen-bond acceptors (Lipinski definition) is 3. The average molecular weight is 226 g/mol. The molecule has 1 atom stereocenters. The molecule has 0 fully saturated rings. The minimum Gasteiger partial charge on any atom is -0.479 e. The Morgan fingerprint density at radius 1 is 1.50 bits per heavy atom. The molecule has 1 amide bonds. The topological polar surface area (TPSA) is 55.6 Å². The summed E-state index contributed by atoms with van der Waals surface area (Å²) in [6, 6.07) is 3.80. The Labute approximate surface area is 93.8 Å². The van der Waals surface area contributed by atoms with Crippen molar-refractivity contribution in [1.82, 2.24) is 4.90 Å². The van der Waals surface area contributed by atoms with Crippen molar-refractivity contribution in [2.75, 3.05) is 19.8 Å². The highest BCUT2D eigenvalue weighted by atomic mass is 19.1. The fraction of sp³-hybridized carbons (Fsp3) is 0.364. The Balaban J connectivity index is 2.77. The van der Waals surface area contributed by atoms with Gasteiger partial charge < -0.3 is 15.4 Å². The number of nitrogens with two attached hydrogens (primary N) is 1. The average Bonchev–Trinajstić information content (AvgIpc) is 2.20. The molecule has 5 heteroatoms. The van der Waals surface area contributed by atoms with Crippen LogP contribution in [0.4, 0.5) is 10.1 Å². The van der Waals surface area contributed by atoms with Crippen molar-refractivity contribution < 1.29 is 13.9 Å². The van der Waals surface area contributed by atoms with Crippen molar-refractivity contribution in [2.24, 2.45) is 0 Å². The summed E-state index contributed by atoms with van der Waals surface area (Å²) < 4.78 is 18.1. The fourth-order valence-corrected chi connectivity index (χ4v) is 1.23. The number of hydrogen-bond donors (Lipinski definition) is 1. The number of nitrogens with zero attached hydrogens (tertiary/aromatic N) is 1. The molecule has 1 rings (SSSR count). The summed E-state index contributed by atoms with van der Waals surface area (Å²) in [6.07, 6.45) is -0.650. The molecular weight excluding hydrogens is 211 g/mol. The third kappa shape index (κ3) is 2.85. The molecule has 0 heterocycles. The van der Waals surface area contributed by atoms with E-state index >= 15 is 0 Å². The van der Waals surface area contributed by atoms with E-state index in [0.29, 0.717) is 5.75 Å². The van der Waals surface area contributed by atoms with Gasteiger partial charge in [-0.05, 0) is 19.1 Å². The minimum atomic E-state index is -0.650. The maximum absolute atomic E-state index is 12.8. The maximum atomic E-state index is 12.8. The van der Waals surface area contributed by atoms with Crippen molar-refractivity contribution >= 4 is 11.6 Å². The van der Waals surface area contributed by atoms with Crippen LogP contribution in [0.2, 0.25) is 0 Å². The fourth-order valence-electron chi connectivity index (χ4n) is 1.23. The molecule has 0 aliphatic rings. The normalized spacial score (nSPS) is 12.0. The molecule has 0 bridgehead atoms. The van der Waals surface area contributed by atoms with Gasteiger partial charge in [-0.3, -0.25) is 4.79 Å². The molecule has 1 unspecified atom stereocenters. The van der Waals surface area contributed by atoms with Crippen LogP contribution in [-0.2, 0) is 4.79 Å². The molecule has 4 nitrogen and oxygen atoms in total.